The second-order valence-electron chi connectivity index (χ2n) is 3.35. The van der Waals surface area contributed by atoms with Crippen LogP contribution in [0.1, 0.15) is 5.56 Å². The number of nitrogens with two attached hydrogens (primary N) is 1. The number of anilines is 1. The molecule has 0 aliphatic carbocycles. The Balaban J connectivity index is 2.76. The predicted molar refractivity (Wildman–Crippen MR) is 55.3 cm³/mol. The zero-order valence-electron chi connectivity index (χ0n) is 8.82. The third-order valence-electron chi connectivity index (χ3n) is 1.96. The molecule has 0 amide bonds. The summed E-state index contributed by atoms with van der Waals surface area (Å²) in [5.74, 6) is 0.404. The van der Waals surface area contributed by atoms with Gasteiger partial charge in [0, 0.05) is 12.1 Å². The average Bonchev–Trinajstić information content (AvgIpc) is 2.16. The molecule has 0 aliphatic rings. The normalized spacial score (nSPS) is 10.6. The van der Waals surface area contributed by atoms with Crippen molar-refractivity contribution in [2.24, 2.45) is 0 Å². The Kier molecular flexibility index (Phi) is 3.64. The molecular weight excluding hydrogens is 180 g/mol. The lowest BCUT2D eigenvalue weighted by Crippen LogP contribution is -2.16. The van der Waals surface area contributed by atoms with Crippen molar-refractivity contribution in [1.82, 2.24) is 15.1 Å². The van der Waals surface area contributed by atoms with Gasteiger partial charge in [0.2, 0.25) is 0 Å². The van der Waals surface area contributed by atoms with E-state index in [1.54, 1.807) is 6.20 Å². The molecule has 78 valence electrons. The van der Waals surface area contributed by atoms with E-state index in [9.17, 15) is 0 Å². The van der Waals surface area contributed by atoms with Crippen molar-refractivity contribution in [3.05, 3.63) is 11.8 Å². The fourth-order valence-corrected chi connectivity index (χ4v) is 1.11. The van der Waals surface area contributed by atoms with Crippen LogP contribution in [0.4, 0.5) is 5.69 Å². The fourth-order valence-electron chi connectivity index (χ4n) is 1.11. The van der Waals surface area contributed by atoms with Gasteiger partial charge in [-0.2, -0.15) is 5.10 Å². The minimum absolute atomic E-state index is 0.404. The summed E-state index contributed by atoms with van der Waals surface area (Å²) in [6, 6.07) is 0. The molecule has 1 heterocycles. The van der Waals surface area contributed by atoms with E-state index in [2.05, 4.69) is 15.1 Å². The Bertz CT molecular complexity index is 301. The Labute approximate surface area is 83.9 Å². The zero-order chi connectivity index (χ0) is 10.6. The van der Waals surface area contributed by atoms with Crippen LogP contribution >= 0.6 is 0 Å². The summed E-state index contributed by atoms with van der Waals surface area (Å²) in [6.07, 6.45) is 2.53. The first kappa shape index (κ1) is 10.7. The maximum Gasteiger partial charge on any atom is 0.256 e. The molecule has 0 aliphatic heterocycles. The third kappa shape index (κ3) is 2.56. The predicted octanol–water partition coefficient (Wildman–Crippen LogP) is 0.171. The topological polar surface area (TPSA) is 64.3 Å². The number of ether oxygens (including phenoxy) is 1. The number of hydrogen-bond donors (Lipinski definition) is 1. The van der Waals surface area contributed by atoms with Crippen molar-refractivity contribution >= 4 is 5.69 Å². The summed E-state index contributed by atoms with van der Waals surface area (Å²) >= 11 is 0. The number of hydrogen-bond acceptors (Lipinski definition) is 5. The lowest BCUT2D eigenvalue weighted by molar-refractivity contribution is 0.391. The van der Waals surface area contributed by atoms with Crippen molar-refractivity contribution in [1.29, 1.82) is 0 Å². The van der Waals surface area contributed by atoms with Gasteiger partial charge in [-0.1, -0.05) is 0 Å². The van der Waals surface area contributed by atoms with E-state index in [-0.39, 0.29) is 0 Å². The maximum atomic E-state index is 5.83. The summed E-state index contributed by atoms with van der Waals surface area (Å²) < 4.78 is 4.98. The van der Waals surface area contributed by atoms with Gasteiger partial charge in [0.1, 0.15) is 5.69 Å². The molecule has 1 aromatic rings. The van der Waals surface area contributed by atoms with Gasteiger partial charge in [-0.15, -0.1) is 5.10 Å². The largest absolute Gasteiger partial charge is 0.478 e. The molecule has 0 atom stereocenters. The summed E-state index contributed by atoms with van der Waals surface area (Å²) in [6.45, 7) is 0.930. The Morgan fingerprint density at radius 2 is 2.21 bits per heavy atom. The Morgan fingerprint density at radius 3 is 2.79 bits per heavy atom. The average molecular weight is 196 g/mol. The van der Waals surface area contributed by atoms with Gasteiger partial charge in [-0.05, 0) is 20.5 Å². The van der Waals surface area contributed by atoms with Crippen LogP contribution in [0, 0.1) is 0 Å². The molecule has 0 bridgehead atoms. The van der Waals surface area contributed by atoms with Crippen molar-refractivity contribution in [2.45, 2.75) is 6.42 Å². The molecule has 0 spiro atoms. The standard InChI is InChI=1S/C9H16N4O/c1-13(2)5-4-7-6-11-12-9(14-3)8(7)10/h6H,4-5H2,1-3H3,(H2,10,11). The minimum Gasteiger partial charge on any atom is -0.478 e. The van der Waals surface area contributed by atoms with Crippen LogP contribution < -0.4 is 10.5 Å². The number of nitrogens with zero attached hydrogens (tertiary/aromatic N) is 3. The van der Waals surface area contributed by atoms with Gasteiger partial charge in [0.05, 0.1) is 13.3 Å². The lowest BCUT2D eigenvalue weighted by Gasteiger charge is -2.11. The van der Waals surface area contributed by atoms with Crippen LogP contribution in [0.3, 0.4) is 0 Å². The molecule has 5 heteroatoms. The van der Waals surface area contributed by atoms with Crippen molar-refractivity contribution in [3.63, 3.8) is 0 Å². The van der Waals surface area contributed by atoms with Gasteiger partial charge in [0.25, 0.3) is 5.88 Å². The highest BCUT2D eigenvalue weighted by atomic mass is 16.5. The highest BCUT2D eigenvalue weighted by Gasteiger charge is 2.07. The second-order valence-corrected chi connectivity index (χ2v) is 3.35. The van der Waals surface area contributed by atoms with Crippen LogP contribution in [-0.2, 0) is 6.42 Å². The molecule has 1 aromatic heterocycles. The molecular formula is C9H16N4O. The number of rotatable bonds is 4. The van der Waals surface area contributed by atoms with Gasteiger partial charge < -0.3 is 15.4 Å². The highest BCUT2D eigenvalue weighted by Crippen LogP contribution is 2.20. The van der Waals surface area contributed by atoms with Crippen LogP contribution in [0.25, 0.3) is 0 Å². The fraction of sp³-hybridized carbons (Fsp3) is 0.556. The minimum atomic E-state index is 0.404. The van der Waals surface area contributed by atoms with Crippen LogP contribution in [-0.4, -0.2) is 42.8 Å². The quantitative estimate of drug-likeness (QED) is 0.743. The molecule has 0 saturated heterocycles. The van der Waals surface area contributed by atoms with Crippen molar-refractivity contribution in [3.8, 4) is 5.88 Å². The number of nitrogen functional groups attached to an aromatic ring is 1. The smallest absolute Gasteiger partial charge is 0.256 e. The van der Waals surface area contributed by atoms with E-state index in [1.165, 1.54) is 7.11 Å². The third-order valence-corrected chi connectivity index (χ3v) is 1.96. The molecule has 1 rings (SSSR count). The Morgan fingerprint density at radius 1 is 1.50 bits per heavy atom. The van der Waals surface area contributed by atoms with E-state index in [0.29, 0.717) is 11.6 Å². The second kappa shape index (κ2) is 4.76. The first-order chi connectivity index (χ1) is 6.65. The van der Waals surface area contributed by atoms with Gasteiger partial charge in [0.15, 0.2) is 0 Å². The molecule has 2 N–H and O–H groups in total. The molecule has 5 nitrogen and oxygen atoms in total. The van der Waals surface area contributed by atoms with E-state index in [4.69, 9.17) is 10.5 Å². The summed E-state index contributed by atoms with van der Waals surface area (Å²) in [5, 5.41) is 7.59. The van der Waals surface area contributed by atoms with Crippen LogP contribution in [0.2, 0.25) is 0 Å². The van der Waals surface area contributed by atoms with Gasteiger partial charge in [-0.25, -0.2) is 0 Å². The molecule has 0 unspecified atom stereocenters. The van der Waals surface area contributed by atoms with Gasteiger partial charge >= 0.3 is 0 Å². The van der Waals surface area contributed by atoms with Crippen LogP contribution in [0.5, 0.6) is 5.88 Å². The maximum absolute atomic E-state index is 5.83. The lowest BCUT2D eigenvalue weighted by atomic mass is 10.2. The van der Waals surface area contributed by atoms with Crippen LogP contribution in [0.15, 0.2) is 6.20 Å². The van der Waals surface area contributed by atoms with E-state index in [1.807, 2.05) is 14.1 Å². The first-order valence-electron chi connectivity index (χ1n) is 4.44. The summed E-state index contributed by atoms with van der Waals surface area (Å²) in [5.41, 5.74) is 7.40. The number of aromatic nitrogens is 2. The zero-order valence-corrected chi connectivity index (χ0v) is 8.82. The number of methoxy groups -OCH3 is 1. The van der Waals surface area contributed by atoms with Crippen molar-refractivity contribution < 1.29 is 4.74 Å². The van der Waals surface area contributed by atoms with Crippen molar-refractivity contribution in [2.75, 3.05) is 33.5 Å². The van der Waals surface area contributed by atoms with E-state index < -0.39 is 0 Å². The monoisotopic (exact) mass is 196 g/mol. The summed E-state index contributed by atoms with van der Waals surface area (Å²) in [4.78, 5) is 2.09. The molecule has 0 saturated carbocycles. The molecule has 0 radical (unpaired) electrons. The SMILES string of the molecule is COc1nncc(CCN(C)C)c1N. The molecule has 0 fully saturated rings. The van der Waals surface area contributed by atoms with E-state index >= 15 is 0 Å². The number of likely N-dealkylation sites (N-methyl/N-ethyl adjacent to an activating group) is 1. The van der Waals surface area contributed by atoms with Gasteiger partial charge in [-0.3, -0.25) is 0 Å². The molecule has 14 heavy (non-hydrogen) atoms. The first-order valence-corrected chi connectivity index (χ1v) is 4.44. The van der Waals surface area contributed by atoms with E-state index in [0.717, 1.165) is 18.5 Å². The highest BCUT2D eigenvalue weighted by molar-refractivity contribution is 5.53. The molecule has 0 aromatic carbocycles. The summed E-state index contributed by atoms with van der Waals surface area (Å²) in [7, 11) is 5.57. The Hall–Kier alpha value is -1.36.